The Kier molecular flexibility index (Phi) is 52.0. The molecule has 2 aromatic carbocycles. The number of rotatable bonds is 4. The van der Waals surface area contributed by atoms with Crippen LogP contribution < -0.4 is 84.8 Å². The van der Waals surface area contributed by atoms with Crippen LogP contribution in [0, 0.1) is 0 Å². The van der Waals surface area contributed by atoms with E-state index in [-0.39, 0.29) is 121 Å². The average Bonchev–Trinajstić information content (AvgIpc) is 2.38. The van der Waals surface area contributed by atoms with Crippen molar-refractivity contribution < 1.29 is 83.0 Å². The first-order valence-electron chi connectivity index (χ1n) is 5.04. The molecular formula is C12H11AlCl6Mg2O2Si. The second kappa shape index (κ2) is 27.6. The minimum absolute atomic E-state index is 0. The third kappa shape index (κ3) is 15.4. The topological polar surface area (TPSA) is 18.5 Å². The minimum Gasteiger partial charge on any atom is -1.00 e. The van der Waals surface area contributed by atoms with Gasteiger partial charge in [0.15, 0.2) is 0 Å². The van der Waals surface area contributed by atoms with E-state index in [9.17, 15) is 0 Å². The predicted octanol–water partition coefficient (Wildman–Crippen LogP) is -18.2. The van der Waals surface area contributed by atoms with Gasteiger partial charge in [-0.15, -0.1) is 0 Å². The molecule has 0 spiro atoms. The van der Waals surface area contributed by atoms with Crippen LogP contribution in [0.3, 0.4) is 0 Å². The van der Waals surface area contributed by atoms with Gasteiger partial charge < -0.3 is 74.4 Å². The molecule has 0 radical (unpaired) electrons. The van der Waals surface area contributed by atoms with Crippen molar-refractivity contribution in [3.8, 4) is 0 Å². The fraction of sp³-hybridized carbons (Fsp3) is 0. The Balaban J connectivity index is -0.0000000722. The van der Waals surface area contributed by atoms with Crippen LogP contribution in [0.15, 0.2) is 60.7 Å². The zero-order chi connectivity index (χ0) is 11.2. The van der Waals surface area contributed by atoms with Crippen molar-refractivity contribution in [3.63, 3.8) is 0 Å². The van der Waals surface area contributed by atoms with E-state index >= 15 is 0 Å². The third-order valence-electron chi connectivity index (χ3n) is 2.36. The first kappa shape index (κ1) is 45.2. The van der Waals surface area contributed by atoms with Gasteiger partial charge in [-0.1, -0.05) is 0 Å². The van der Waals surface area contributed by atoms with Gasteiger partial charge in [-0.05, 0) is 0 Å². The molecule has 24 heavy (non-hydrogen) atoms. The number of benzene rings is 2. The maximum absolute atomic E-state index is 5.42. The number of hydrogen-bond donors (Lipinski definition) is 0. The van der Waals surface area contributed by atoms with Gasteiger partial charge in [0.2, 0.25) is 0 Å². The molecule has 2 rings (SSSR count). The van der Waals surface area contributed by atoms with Crippen LogP contribution in [0.1, 0.15) is 0 Å². The number of hydrogen-bond acceptors (Lipinski definition) is 2. The summed E-state index contributed by atoms with van der Waals surface area (Å²) >= 11 is 2.14. The van der Waals surface area contributed by atoms with E-state index in [1.165, 1.54) is 10.4 Å². The smallest absolute Gasteiger partial charge is 1.00 e. The largest absolute Gasteiger partial charge is 2.00 e. The van der Waals surface area contributed by atoms with E-state index in [1.54, 1.807) is 0 Å². The Hall–Kier alpha value is 2.38. The first-order valence-corrected chi connectivity index (χ1v) is 7.13. The van der Waals surface area contributed by atoms with E-state index < -0.39 is 9.04 Å². The summed E-state index contributed by atoms with van der Waals surface area (Å²) in [6.45, 7) is 0. The van der Waals surface area contributed by atoms with Crippen molar-refractivity contribution >= 4 is 82.1 Å². The third-order valence-corrected chi connectivity index (χ3v) is 4.97. The Morgan fingerprint density at radius 1 is 0.583 bits per heavy atom. The summed E-state index contributed by atoms with van der Waals surface area (Å²) in [5, 5.41) is 2.41. The molecule has 0 unspecified atom stereocenters. The SMILES string of the molecule is [Al+2][O]O[SiH](c1ccccc1)c1ccccc1.[Cl-].[Cl-].[Cl-].[Cl-].[Cl-].[Cl-].[Mg+2].[Mg+2]. The van der Waals surface area contributed by atoms with Crippen molar-refractivity contribution in [1.82, 2.24) is 0 Å². The van der Waals surface area contributed by atoms with Gasteiger partial charge in [-0.25, -0.2) is 0 Å². The molecule has 0 fully saturated rings. The molecule has 0 bridgehead atoms. The van der Waals surface area contributed by atoms with Gasteiger partial charge in [0.1, 0.15) is 0 Å². The van der Waals surface area contributed by atoms with Crippen molar-refractivity contribution in [2.75, 3.05) is 0 Å². The molecular weight excluding hydrogens is 493 g/mol. The first-order chi connectivity index (χ1) is 7.92. The quantitative estimate of drug-likeness (QED) is 0.235. The Labute approximate surface area is 223 Å². The van der Waals surface area contributed by atoms with Crippen molar-refractivity contribution in [2.45, 2.75) is 0 Å². The Morgan fingerprint density at radius 3 is 1.12 bits per heavy atom. The fourth-order valence-electron chi connectivity index (χ4n) is 1.61. The molecule has 2 nitrogen and oxygen atoms in total. The second-order valence-corrected chi connectivity index (χ2v) is 5.87. The summed E-state index contributed by atoms with van der Waals surface area (Å²) in [5.74, 6) is 0. The van der Waals surface area contributed by atoms with Crippen LogP contribution in [0.2, 0.25) is 0 Å². The van der Waals surface area contributed by atoms with Crippen molar-refractivity contribution in [3.05, 3.63) is 60.7 Å². The summed E-state index contributed by atoms with van der Waals surface area (Å²) < 4.78 is 10.2. The van der Waals surface area contributed by atoms with Crippen LogP contribution in [0.5, 0.6) is 0 Å². The van der Waals surface area contributed by atoms with Gasteiger partial charge in [-0.3, -0.25) is 0 Å². The predicted molar refractivity (Wildman–Crippen MR) is 78.7 cm³/mol. The summed E-state index contributed by atoms with van der Waals surface area (Å²) in [7, 11) is -1.69. The van der Waals surface area contributed by atoms with E-state index in [2.05, 4.69) is 40.9 Å². The summed E-state index contributed by atoms with van der Waals surface area (Å²) in [4.78, 5) is 0. The average molecular weight is 504 g/mol. The Morgan fingerprint density at radius 2 is 0.875 bits per heavy atom. The maximum atomic E-state index is 5.42. The number of halogens is 6. The summed E-state index contributed by atoms with van der Waals surface area (Å²) in [5.41, 5.74) is 0. The molecule has 12 heteroatoms. The van der Waals surface area contributed by atoms with Crippen LogP contribution in [-0.2, 0) is 8.52 Å². The van der Waals surface area contributed by atoms with Gasteiger partial charge >= 0.3 is 151 Å². The van der Waals surface area contributed by atoms with E-state index in [4.69, 9.17) is 8.52 Å². The standard InChI is InChI=1S/C12H12O2Si.Al.6ClH.2Mg/c13-14-15(11-7-3-1-4-8-11)12-9-5-2-6-10-12;;;;;;;;;/h1-10,13,15H;;6*1H;;/q;+3;;;;;;;2*+2/p-7. The molecule has 0 atom stereocenters. The van der Waals surface area contributed by atoms with Crippen molar-refractivity contribution in [1.29, 1.82) is 0 Å². The monoisotopic (exact) mass is 500 g/mol. The normalized spacial score (nSPS) is 7.12. The van der Waals surface area contributed by atoms with Crippen LogP contribution >= 0.6 is 0 Å². The van der Waals surface area contributed by atoms with Crippen LogP contribution in [-0.4, -0.2) is 71.8 Å². The molecule has 124 valence electrons. The van der Waals surface area contributed by atoms with E-state index in [0.717, 1.165) is 0 Å². The molecule has 2 aromatic rings. The molecule has 0 aliphatic heterocycles. The van der Waals surface area contributed by atoms with Gasteiger partial charge in [0.05, 0.1) is 0 Å². The zero-order valence-electron chi connectivity index (χ0n) is 12.4. The van der Waals surface area contributed by atoms with Crippen LogP contribution in [0.4, 0.5) is 0 Å². The molecule has 0 aromatic heterocycles. The van der Waals surface area contributed by atoms with Crippen molar-refractivity contribution in [2.24, 2.45) is 0 Å². The summed E-state index contributed by atoms with van der Waals surface area (Å²) in [6, 6.07) is 20.4. The zero-order valence-corrected chi connectivity index (χ0v) is 22.1. The second-order valence-electron chi connectivity index (χ2n) is 3.39. The molecule has 0 aliphatic rings. The molecule has 0 heterocycles. The summed E-state index contributed by atoms with van der Waals surface area (Å²) in [6.07, 6.45) is 0. The maximum Gasteiger partial charge on any atom is 2.00 e. The molecule has 0 aliphatic carbocycles. The molecule has 0 N–H and O–H groups in total. The van der Waals surface area contributed by atoms with E-state index in [0.29, 0.717) is 0 Å². The molecule has 0 saturated heterocycles. The fourth-order valence-corrected chi connectivity index (χ4v) is 3.81. The molecule has 0 amide bonds. The van der Waals surface area contributed by atoms with Gasteiger partial charge in [-0.2, -0.15) is 0 Å². The minimum atomic E-state index is -1.69. The van der Waals surface area contributed by atoms with Gasteiger partial charge in [0.25, 0.3) is 0 Å². The van der Waals surface area contributed by atoms with E-state index in [1.807, 2.05) is 36.4 Å². The Bertz CT molecular complexity index is 411. The van der Waals surface area contributed by atoms with Gasteiger partial charge in [0, 0.05) is 0 Å². The molecule has 0 saturated carbocycles. The van der Waals surface area contributed by atoms with Crippen LogP contribution in [0.25, 0.3) is 0 Å².